The molecule has 0 aliphatic heterocycles. The standard InChI is InChI=1S/C6H5NO2.ClH.Na.H/c8-6(9)7-4-2-1-3-5-7;;;/h1-5H;1H;;/q;;+1;-1/p+1. The molecule has 0 spiro atoms. The predicted molar refractivity (Wildman–Crippen MR) is 38.4 cm³/mol. The summed E-state index contributed by atoms with van der Waals surface area (Å²) in [6.07, 6.45) is 1.99. The number of hydrogen-bond donors (Lipinski definition) is 1. The fourth-order valence-corrected chi connectivity index (χ4v) is 0.526. The third kappa shape index (κ3) is 4.37. The zero-order chi connectivity index (χ0) is 6.69. The van der Waals surface area contributed by atoms with Crippen LogP contribution in [0.1, 0.15) is 1.43 Å². The molecule has 5 heteroatoms. The Labute approximate surface area is 94.2 Å². The van der Waals surface area contributed by atoms with E-state index in [2.05, 4.69) is 0 Å². The molecule has 0 aliphatic carbocycles. The maximum absolute atomic E-state index is 10.2. The molecule has 0 amide bonds. The van der Waals surface area contributed by atoms with E-state index in [4.69, 9.17) is 5.11 Å². The van der Waals surface area contributed by atoms with Gasteiger partial charge in [-0.1, -0.05) is 10.6 Å². The molecule has 0 atom stereocenters. The van der Waals surface area contributed by atoms with Crippen molar-refractivity contribution in [1.29, 1.82) is 0 Å². The second-order valence-electron chi connectivity index (χ2n) is 1.57. The maximum Gasteiger partial charge on any atom is 1.00 e. The van der Waals surface area contributed by atoms with Crippen LogP contribution in [0, 0.1) is 0 Å². The molecule has 0 aromatic carbocycles. The van der Waals surface area contributed by atoms with E-state index in [-0.39, 0.29) is 43.4 Å². The van der Waals surface area contributed by atoms with Crippen LogP contribution in [0.15, 0.2) is 30.6 Å². The van der Waals surface area contributed by atoms with Gasteiger partial charge in [0, 0.05) is 12.1 Å². The van der Waals surface area contributed by atoms with Gasteiger partial charge in [0.15, 0.2) is 12.4 Å². The molecule has 0 saturated carbocycles. The summed E-state index contributed by atoms with van der Waals surface area (Å²) in [6.45, 7) is 0. The third-order valence-electron chi connectivity index (χ3n) is 0.936. The summed E-state index contributed by atoms with van der Waals surface area (Å²) in [5.41, 5.74) is 0. The molecule has 0 radical (unpaired) electrons. The second kappa shape index (κ2) is 6.61. The monoisotopic (exact) mass is 184 g/mol. The van der Waals surface area contributed by atoms with Crippen molar-refractivity contribution in [3.05, 3.63) is 30.6 Å². The van der Waals surface area contributed by atoms with E-state index in [1.807, 2.05) is 0 Å². The normalized spacial score (nSPS) is 7.27. The first-order chi connectivity index (χ1) is 4.30. The van der Waals surface area contributed by atoms with Crippen molar-refractivity contribution in [2.24, 2.45) is 0 Å². The summed E-state index contributed by atoms with van der Waals surface area (Å²) in [5, 5.41) is 8.35. The Morgan fingerprint density at radius 2 is 1.73 bits per heavy atom. The van der Waals surface area contributed by atoms with Crippen molar-refractivity contribution in [2.75, 3.05) is 0 Å². The molecule has 56 valence electrons. The summed E-state index contributed by atoms with van der Waals surface area (Å²) < 4.78 is 1.08. The van der Waals surface area contributed by atoms with Crippen molar-refractivity contribution in [3.63, 3.8) is 0 Å². The average Bonchev–Trinajstić information content (AvgIpc) is 1.90. The third-order valence-corrected chi connectivity index (χ3v) is 0.936. The summed E-state index contributed by atoms with van der Waals surface area (Å²) in [5.74, 6) is 0. The van der Waals surface area contributed by atoms with Crippen LogP contribution < -0.4 is 34.1 Å². The van der Waals surface area contributed by atoms with Gasteiger partial charge in [0.05, 0.1) is 0 Å². The Hall–Kier alpha value is -0.0900. The number of pyridine rings is 1. The number of nitrogens with zero attached hydrogens (tertiary/aromatic N) is 1. The van der Waals surface area contributed by atoms with E-state index in [1.165, 1.54) is 12.4 Å². The van der Waals surface area contributed by atoms with Crippen LogP contribution >= 0.6 is 12.4 Å². The molecule has 1 aromatic heterocycles. The Morgan fingerprint density at radius 3 is 2.00 bits per heavy atom. The Kier molecular flexibility index (Phi) is 8.11. The van der Waals surface area contributed by atoms with E-state index in [1.54, 1.807) is 18.2 Å². The minimum atomic E-state index is -0.962. The second-order valence-corrected chi connectivity index (χ2v) is 1.57. The molecule has 1 heterocycles. The van der Waals surface area contributed by atoms with Crippen LogP contribution in [-0.2, 0) is 0 Å². The van der Waals surface area contributed by atoms with E-state index < -0.39 is 6.09 Å². The largest absolute Gasteiger partial charge is 1.00 e. The molecule has 1 aromatic rings. The molecule has 3 nitrogen and oxygen atoms in total. The van der Waals surface area contributed by atoms with Gasteiger partial charge in [0.2, 0.25) is 0 Å². The number of hydrogen-bond acceptors (Lipinski definition) is 1. The minimum absolute atomic E-state index is 0. The smallest absolute Gasteiger partial charge is 1.00 e. The number of halogens is 1. The fraction of sp³-hybridized carbons (Fsp3) is 0. The van der Waals surface area contributed by atoms with Crippen molar-refractivity contribution < 1.29 is 45.5 Å². The van der Waals surface area contributed by atoms with E-state index in [0.717, 1.165) is 4.57 Å². The van der Waals surface area contributed by atoms with Gasteiger partial charge in [-0.05, 0) is 0 Å². The van der Waals surface area contributed by atoms with Crippen molar-refractivity contribution in [1.82, 2.24) is 0 Å². The van der Waals surface area contributed by atoms with Gasteiger partial charge in [-0.25, -0.2) is 0 Å². The van der Waals surface area contributed by atoms with E-state index in [0.29, 0.717) is 0 Å². The predicted octanol–water partition coefficient (Wildman–Crippen LogP) is -1.96. The Balaban J connectivity index is -0.000000270. The number of carboxylic acid groups (broad SMARTS) is 1. The fourth-order valence-electron chi connectivity index (χ4n) is 0.526. The van der Waals surface area contributed by atoms with Crippen LogP contribution in [0.5, 0.6) is 0 Å². The van der Waals surface area contributed by atoms with E-state index >= 15 is 0 Å². The SMILES string of the molecule is Cl.O=C(O)[n+]1ccccc1.[H-].[Na+]. The van der Waals surface area contributed by atoms with Gasteiger partial charge in [-0.2, -0.15) is 4.79 Å². The molecule has 0 saturated heterocycles. The van der Waals surface area contributed by atoms with Crippen molar-refractivity contribution in [3.8, 4) is 0 Å². The topological polar surface area (TPSA) is 41.2 Å². The molecule has 1 N–H and O–H groups in total. The maximum atomic E-state index is 10.2. The molecule has 0 unspecified atom stereocenters. The molecule has 0 bridgehead atoms. The van der Waals surface area contributed by atoms with Gasteiger partial charge in [-0.15, -0.1) is 12.4 Å². The van der Waals surface area contributed by atoms with Crippen LogP contribution in [-0.4, -0.2) is 11.2 Å². The van der Waals surface area contributed by atoms with Gasteiger partial charge < -0.3 is 6.53 Å². The number of aromatic nitrogens is 1. The van der Waals surface area contributed by atoms with Crippen LogP contribution in [0.3, 0.4) is 0 Å². The van der Waals surface area contributed by atoms with Gasteiger partial charge >= 0.3 is 35.7 Å². The van der Waals surface area contributed by atoms with Gasteiger partial charge in [-0.3, -0.25) is 0 Å². The summed E-state index contributed by atoms with van der Waals surface area (Å²) in [7, 11) is 0. The zero-order valence-corrected chi connectivity index (χ0v) is 8.91. The number of carbonyl (C=O) groups is 1. The summed E-state index contributed by atoms with van der Waals surface area (Å²) in [4.78, 5) is 10.2. The summed E-state index contributed by atoms with van der Waals surface area (Å²) >= 11 is 0. The van der Waals surface area contributed by atoms with Crippen molar-refractivity contribution in [2.45, 2.75) is 0 Å². The molecular formula is C6H8ClNNaO2+. The molecular weight excluding hydrogens is 177 g/mol. The van der Waals surface area contributed by atoms with Crippen molar-refractivity contribution >= 4 is 18.5 Å². The first-order valence-corrected chi connectivity index (χ1v) is 2.50. The quantitative estimate of drug-likeness (QED) is 0.376. The van der Waals surface area contributed by atoms with Crippen LogP contribution in [0.25, 0.3) is 0 Å². The van der Waals surface area contributed by atoms with E-state index in [9.17, 15) is 4.79 Å². The first kappa shape index (κ1) is 13.5. The van der Waals surface area contributed by atoms with Crippen LogP contribution in [0.2, 0.25) is 0 Å². The Morgan fingerprint density at radius 1 is 1.27 bits per heavy atom. The van der Waals surface area contributed by atoms with Gasteiger partial charge in [0.1, 0.15) is 0 Å². The molecule has 11 heavy (non-hydrogen) atoms. The Bertz CT molecular complexity index is 222. The average molecular weight is 185 g/mol. The van der Waals surface area contributed by atoms with Gasteiger partial charge in [0.25, 0.3) is 0 Å². The van der Waals surface area contributed by atoms with Crippen LogP contribution in [0.4, 0.5) is 4.79 Å². The molecule has 1 rings (SSSR count). The summed E-state index contributed by atoms with van der Waals surface area (Å²) in [6, 6.07) is 5.08. The minimum Gasteiger partial charge on any atom is -1.00 e. The molecule has 0 aliphatic rings. The zero-order valence-electron chi connectivity index (χ0n) is 7.10. The first-order valence-electron chi connectivity index (χ1n) is 2.50. The number of rotatable bonds is 0. The molecule has 0 fully saturated rings.